The van der Waals surface area contributed by atoms with Gasteiger partial charge in [0.05, 0.1) is 28.5 Å². The van der Waals surface area contributed by atoms with Gasteiger partial charge in [-0.3, -0.25) is 14.0 Å². The second-order valence-electron chi connectivity index (χ2n) is 11.9. The number of amides is 1. The van der Waals surface area contributed by atoms with Crippen molar-refractivity contribution in [2.24, 2.45) is 5.92 Å². The lowest BCUT2D eigenvalue weighted by Crippen LogP contribution is -2.21. The van der Waals surface area contributed by atoms with E-state index in [-0.39, 0.29) is 45.1 Å². The van der Waals surface area contributed by atoms with Crippen molar-refractivity contribution in [2.45, 2.75) is 75.5 Å². The maximum absolute atomic E-state index is 14.4. The number of hydrogen-bond donors (Lipinski definition) is 2. The molecule has 1 amide bonds. The third-order valence-electron chi connectivity index (χ3n) is 8.41. The number of sulfone groups is 1. The molecule has 3 aliphatic rings. The Balaban J connectivity index is 1.34. The molecule has 14 heteroatoms. The van der Waals surface area contributed by atoms with Gasteiger partial charge in [0.2, 0.25) is 5.91 Å². The third kappa shape index (κ3) is 5.45. The van der Waals surface area contributed by atoms with E-state index in [1.807, 2.05) is 11.6 Å². The van der Waals surface area contributed by atoms with Crippen LogP contribution in [0, 0.1) is 12.8 Å². The first-order valence-electron chi connectivity index (χ1n) is 14.9. The van der Waals surface area contributed by atoms with Crippen LogP contribution in [0.4, 0.5) is 26.0 Å². The van der Waals surface area contributed by atoms with Crippen molar-refractivity contribution in [3.05, 3.63) is 42.0 Å². The number of carbonyl (C=O) groups excluding carboxylic acids is 1. The summed E-state index contributed by atoms with van der Waals surface area (Å²) in [6, 6.07) is 6.90. The number of pyridine rings is 1. The molecule has 1 atom stereocenters. The molecule has 1 unspecified atom stereocenters. The number of aromatic nitrogens is 5. The van der Waals surface area contributed by atoms with Crippen LogP contribution in [0.5, 0.6) is 0 Å². The highest BCUT2D eigenvalue weighted by molar-refractivity contribution is 7.90. The fraction of sp³-hybridized carbons (Fsp3) is 0.467. The number of alkyl halides is 2. The Hall–Kier alpha value is -3.91. The maximum Gasteiger partial charge on any atom is 0.295 e. The van der Waals surface area contributed by atoms with E-state index in [1.54, 1.807) is 24.4 Å². The van der Waals surface area contributed by atoms with Crippen LogP contribution in [0.1, 0.15) is 75.2 Å². The Bertz CT molecular complexity index is 1870. The first-order chi connectivity index (χ1) is 21.1. The van der Waals surface area contributed by atoms with E-state index >= 15 is 0 Å². The highest BCUT2D eigenvalue weighted by Gasteiger charge is 2.32. The van der Waals surface area contributed by atoms with Crippen molar-refractivity contribution in [3.8, 4) is 11.1 Å². The number of nitrogens with one attached hydrogen (secondary N) is 2. The molecule has 1 aliphatic heterocycles. The molecule has 1 saturated heterocycles. The predicted molar refractivity (Wildman–Crippen MR) is 160 cm³/mol. The standard InChI is InChI=1S/C30H33F2N7O4S/c1-16-20(15-33-39(16)19-9-10-19)18-8-11-21(23(13-18)44(2,41)42)34-22-14-24(36-30(40)17-6-7-17)35-28-26(22)37-29(27(31)32)38(28)25-5-3-4-12-43-25/h8,11,13-15,17,19,25,27H,3-7,9-10,12H2,1-2H3,(H2,34,35,36,40). The van der Waals surface area contributed by atoms with Gasteiger partial charge in [-0.2, -0.15) is 5.10 Å². The van der Waals surface area contributed by atoms with Gasteiger partial charge in [-0.25, -0.2) is 27.2 Å². The Morgan fingerprint density at radius 1 is 1.07 bits per heavy atom. The van der Waals surface area contributed by atoms with E-state index in [2.05, 4.69) is 25.7 Å². The van der Waals surface area contributed by atoms with Crippen LogP contribution in [-0.4, -0.2) is 51.5 Å². The van der Waals surface area contributed by atoms with E-state index in [1.165, 1.54) is 10.6 Å². The van der Waals surface area contributed by atoms with Crippen molar-refractivity contribution in [1.29, 1.82) is 0 Å². The number of hydrogen-bond acceptors (Lipinski definition) is 8. The summed E-state index contributed by atoms with van der Waals surface area (Å²) in [5.74, 6) is -0.686. The van der Waals surface area contributed by atoms with Gasteiger partial charge in [0, 0.05) is 36.1 Å². The Morgan fingerprint density at radius 2 is 1.86 bits per heavy atom. The van der Waals surface area contributed by atoms with Crippen LogP contribution in [0.2, 0.25) is 0 Å². The number of benzene rings is 1. The average molecular weight is 626 g/mol. The van der Waals surface area contributed by atoms with Crippen LogP contribution >= 0.6 is 0 Å². The first-order valence-corrected chi connectivity index (χ1v) is 16.8. The number of anilines is 3. The molecule has 2 saturated carbocycles. The topological polar surface area (TPSA) is 133 Å². The molecule has 2 N–H and O–H groups in total. The minimum atomic E-state index is -3.75. The number of carbonyl (C=O) groups is 1. The van der Waals surface area contributed by atoms with Crippen LogP contribution in [-0.2, 0) is 19.4 Å². The number of ether oxygens (including phenoxy) is 1. The molecule has 3 fully saturated rings. The second kappa shape index (κ2) is 10.9. The zero-order valence-electron chi connectivity index (χ0n) is 24.4. The summed E-state index contributed by atoms with van der Waals surface area (Å²) < 4.78 is 64.0. The number of halogens is 2. The van der Waals surface area contributed by atoms with Gasteiger partial charge in [-0.15, -0.1) is 0 Å². The molecule has 11 nitrogen and oxygen atoms in total. The van der Waals surface area contributed by atoms with Gasteiger partial charge >= 0.3 is 0 Å². The molecule has 2 aliphatic carbocycles. The molecule has 0 spiro atoms. The molecule has 232 valence electrons. The second-order valence-corrected chi connectivity index (χ2v) is 13.9. The van der Waals surface area contributed by atoms with E-state index < -0.39 is 28.3 Å². The van der Waals surface area contributed by atoms with Crippen LogP contribution in [0.15, 0.2) is 35.4 Å². The Morgan fingerprint density at radius 3 is 2.52 bits per heavy atom. The SMILES string of the molecule is Cc1c(-c2ccc(Nc3cc(NC(=O)C4CC4)nc4c3nc(C(F)F)n4C3CCCCO3)c(S(C)(=O)=O)c2)cnn1C1CC1. The molecular weight excluding hydrogens is 592 g/mol. The van der Waals surface area contributed by atoms with Gasteiger partial charge < -0.3 is 15.4 Å². The average Bonchev–Trinajstić information content (AvgIpc) is 3.93. The Labute approximate surface area is 252 Å². The molecule has 4 aromatic rings. The zero-order chi connectivity index (χ0) is 30.7. The number of rotatable bonds is 9. The summed E-state index contributed by atoms with van der Waals surface area (Å²) >= 11 is 0. The fourth-order valence-electron chi connectivity index (χ4n) is 5.82. The minimum absolute atomic E-state index is 0.0197. The lowest BCUT2D eigenvalue weighted by atomic mass is 10.1. The highest BCUT2D eigenvalue weighted by atomic mass is 32.2. The minimum Gasteiger partial charge on any atom is -0.358 e. The Kier molecular flexibility index (Phi) is 7.15. The molecular formula is C30H33F2N7O4S. The number of fused-ring (bicyclic) bond motifs is 1. The molecule has 7 rings (SSSR count). The number of nitrogens with zero attached hydrogens (tertiary/aromatic N) is 5. The van der Waals surface area contributed by atoms with Gasteiger partial charge in [-0.05, 0) is 69.6 Å². The smallest absolute Gasteiger partial charge is 0.295 e. The molecule has 44 heavy (non-hydrogen) atoms. The van der Waals surface area contributed by atoms with E-state index in [4.69, 9.17) is 4.74 Å². The quantitative estimate of drug-likeness (QED) is 0.229. The lowest BCUT2D eigenvalue weighted by molar-refractivity contribution is -0.117. The molecule has 0 radical (unpaired) electrons. The van der Waals surface area contributed by atoms with E-state index in [9.17, 15) is 22.0 Å². The van der Waals surface area contributed by atoms with Crippen molar-refractivity contribution >= 4 is 44.1 Å². The van der Waals surface area contributed by atoms with Crippen LogP contribution in [0.3, 0.4) is 0 Å². The summed E-state index contributed by atoms with van der Waals surface area (Å²) in [5, 5.41) is 10.5. The lowest BCUT2D eigenvalue weighted by Gasteiger charge is -2.25. The van der Waals surface area contributed by atoms with E-state index in [0.29, 0.717) is 24.6 Å². The first kappa shape index (κ1) is 28.8. The van der Waals surface area contributed by atoms with Gasteiger partial charge in [0.15, 0.2) is 21.3 Å². The summed E-state index contributed by atoms with van der Waals surface area (Å²) in [5.41, 5.74) is 3.17. The van der Waals surface area contributed by atoms with Crippen LogP contribution in [0.25, 0.3) is 22.3 Å². The van der Waals surface area contributed by atoms with Crippen molar-refractivity contribution in [2.75, 3.05) is 23.5 Å². The molecule has 3 aromatic heterocycles. The molecule has 1 aromatic carbocycles. The largest absolute Gasteiger partial charge is 0.358 e. The third-order valence-corrected chi connectivity index (χ3v) is 9.55. The number of imidazole rings is 1. The van der Waals surface area contributed by atoms with E-state index in [0.717, 1.165) is 56.0 Å². The van der Waals surface area contributed by atoms with Gasteiger partial charge in [0.1, 0.15) is 17.6 Å². The summed E-state index contributed by atoms with van der Waals surface area (Å²) in [7, 11) is -3.75. The van der Waals surface area contributed by atoms with Crippen molar-refractivity contribution in [1.82, 2.24) is 24.3 Å². The molecule has 0 bridgehead atoms. The van der Waals surface area contributed by atoms with Crippen molar-refractivity contribution < 1.29 is 26.7 Å². The highest BCUT2D eigenvalue weighted by Crippen LogP contribution is 2.40. The normalized spacial score (nSPS) is 19.1. The fourth-order valence-corrected chi connectivity index (χ4v) is 6.68. The van der Waals surface area contributed by atoms with Gasteiger partial charge in [0.25, 0.3) is 6.43 Å². The van der Waals surface area contributed by atoms with Crippen LogP contribution < -0.4 is 10.6 Å². The van der Waals surface area contributed by atoms with Gasteiger partial charge in [-0.1, -0.05) is 6.07 Å². The summed E-state index contributed by atoms with van der Waals surface area (Å²) in [6.45, 7) is 2.38. The zero-order valence-corrected chi connectivity index (χ0v) is 25.2. The summed E-state index contributed by atoms with van der Waals surface area (Å²) in [6.07, 6.45) is 5.04. The molecule has 4 heterocycles. The summed E-state index contributed by atoms with van der Waals surface area (Å²) in [4.78, 5) is 21.5. The monoisotopic (exact) mass is 625 g/mol. The maximum atomic E-state index is 14.4. The predicted octanol–water partition coefficient (Wildman–Crippen LogP) is 6.07. The van der Waals surface area contributed by atoms with Crippen molar-refractivity contribution in [3.63, 3.8) is 0 Å².